The lowest BCUT2D eigenvalue weighted by Gasteiger charge is -2.30. The van der Waals surface area contributed by atoms with Crippen LogP contribution in [0.5, 0.6) is 0 Å². The van der Waals surface area contributed by atoms with Crippen molar-refractivity contribution in [3.8, 4) is 0 Å². The van der Waals surface area contributed by atoms with Crippen molar-refractivity contribution in [1.29, 1.82) is 0 Å². The van der Waals surface area contributed by atoms with Crippen LogP contribution < -0.4 is 16.1 Å². The summed E-state index contributed by atoms with van der Waals surface area (Å²) in [5.41, 5.74) is -1.71. The molecule has 0 aliphatic heterocycles. The third-order valence-corrected chi connectivity index (χ3v) is 5.08. The van der Waals surface area contributed by atoms with Crippen molar-refractivity contribution in [2.75, 3.05) is 0 Å². The second-order valence-corrected chi connectivity index (χ2v) is 10.6. The predicted molar refractivity (Wildman–Crippen MR) is 95.0 cm³/mol. The molecule has 0 saturated carbocycles. The molecular weight excluding hydrogens is 328 g/mol. The smallest absolute Gasteiger partial charge is 0.364 e. The van der Waals surface area contributed by atoms with Crippen LogP contribution in [0.1, 0.15) is 67.0 Å². The van der Waals surface area contributed by atoms with Gasteiger partial charge in [-0.2, -0.15) is 0 Å². The van der Waals surface area contributed by atoms with Crippen LogP contribution >= 0.6 is 0 Å². The molecule has 0 aromatic carbocycles. The molecule has 0 amide bonds. The van der Waals surface area contributed by atoms with Crippen molar-refractivity contribution in [3.63, 3.8) is 0 Å². The Morgan fingerprint density at radius 3 is 2.12 bits per heavy atom. The highest BCUT2D eigenvalue weighted by molar-refractivity contribution is 6.31. The average Bonchev–Trinajstić information content (AvgIpc) is 2.38. The number of hydrogen-bond acceptors (Lipinski definition) is 5. The highest BCUT2D eigenvalue weighted by atomic mass is 28.2. The average molecular weight is 356 g/mol. The summed E-state index contributed by atoms with van der Waals surface area (Å²) in [6.07, 6.45) is 1.27. The van der Waals surface area contributed by atoms with Crippen LogP contribution in [0.3, 0.4) is 0 Å². The first-order valence-corrected chi connectivity index (χ1v) is 9.26. The molecule has 7 nitrogen and oxygen atoms in total. The number of carbonyl (C=O) groups is 1. The molecule has 0 unspecified atom stereocenters. The van der Waals surface area contributed by atoms with E-state index >= 15 is 0 Å². The Bertz CT molecular complexity index is 725. The minimum Gasteiger partial charge on any atom is -0.414 e. The number of aromatic nitrogens is 2. The number of hydrogen-bond donors (Lipinski definition) is 0. The van der Waals surface area contributed by atoms with Gasteiger partial charge in [-0.25, -0.2) is 9.59 Å². The van der Waals surface area contributed by atoms with Crippen LogP contribution in [0.4, 0.5) is 0 Å². The predicted octanol–water partition coefficient (Wildman–Crippen LogP) is 1.12. The van der Waals surface area contributed by atoms with Crippen molar-refractivity contribution >= 4 is 15.7 Å². The van der Waals surface area contributed by atoms with E-state index in [1.165, 1.54) is 13.1 Å². The van der Waals surface area contributed by atoms with Crippen molar-refractivity contribution in [2.45, 2.75) is 72.1 Å². The summed E-state index contributed by atoms with van der Waals surface area (Å²) in [6, 6.07) is -0.373. The highest BCUT2D eigenvalue weighted by Gasteiger charge is 2.30. The van der Waals surface area contributed by atoms with Gasteiger partial charge in [-0.15, -0.1) is 4.73 Å². The lowest BCUT2D eigenvalue weighted by molar-refractivity contribution is -0.142. The second-order valence-electron chi connectivity index (χ2n) is 7.86. The Kier molecular flexibility index (Phi) is 5.99. The molecule has 1 aromatic heterocycles. The quantitative estimate of drug-likeness (QED) is 0.739. The first kappa shape index (κ1) is 20.4. The van der Waals surface area contributed by atoms with Gasteiger partial charge in [0.05, 0.1) is 17.4 Å². The number of nitrogens with zero attached hydrogens (tertiary/aromatic N) is 2. The van der Waals surface area contributed by atoms with Crippen LogP contribution in [0.2, 0.25) is 5.04 Å². The molecule has 1 aromatic rings. The zero-order chi connectivity index (χ0) is 18.9. The lowest BCUT2D eigenvalue weighted by Crippen LogP contribution is -2.48. The molecule has 0 N–H and O–H groups in total. The van der Waals surface area contributed by atoms with E-state index < -0.39 is 32.6 Å². The molecule has 0 atom stereocenters. The van der Waals surface area contributed by atoms with Crippen molar-refractivity contribution < 1.29 is 14.1 Å². The monoisotopic (exact) mass is 356 g/mol. The van der Waals surface area contributed by atoms with Crippen molar-refractivity contribution in [3.05, 3.63) is 32.6 Å². The van der Waals surface area contributed by atoms with Gasteiger partial charge < -0.3 is 9.26 Å². The van der Waals surface area contributed by atoms with E-state index in [1.807, 2.05) is 0 Å². The summed E-state index contributed by atoms with van der Waals surface area (Å²) in [4.78, 5) is 41.4. The standard InChI is InChI=1S/C16H28N2O5Si/c1-10(2)18-13(20)12(9-17(14(18)21)22-11(3)19)16(7,8)23-24-15(4,5)6/h9-10H,24H2,1-8H3. The third kappa shape index (κ3) is 4.91. The molecular formula is C16H28N2O5Si. The maximum atomic E-state index is 12.8. The van der Waals surface area contributed by atoms with Gasteiger partial charge in [-0.05, 0) is 32.7 Å². The molecule has 0 radical (unpaired) electrons. The van der Waals surface area contributed by atoms with E-state index in [2.05, 4.69) is 20.8 Å². The van der Waals surface area contributed by atoms with Gasteiger partial charge in [-0.1, -0.05) is 20.8 Å². The fourth-order valence-corrected chi connectivity index (χ4v) is 3.05. The molecule has 0 fully saturated rings. The first-order chi connectivity index (χ1) is 10.8. The fraction of sp³-hybridized carbons (Fsp3) is 0.688. The maximum Gasteiger partial charge on any atom is 0.364 e. The van der Waals surface area contributed by atoms with Crippen LogP contribution in [-0.4, -0.2) is 25.0 Å². The molecule has 8 heteroatoms. The number of carbonyl (C=O) groups excluding carboxylic acids is 1. The molecule has 136 valence electrons. The van der Waals surface area contributed by atoms with Gasteiger partial charge in [0.1, 0.15) is 0 Å². The van der Waals surface area contributed by atoms with E-state index in [4.69, 9.17) is 9.26 Å². The summed E-state index contributed by atoms with van der Waals surface area (Å²) in [5, 5.41) is 0.0542. The molecule has 1 heterocycles. The van der Waals surface area contributed by atoms with Crippen LogP contribution in [0.15, 0.2) is 15.8 Å². The summed E-state index contributed by atoms with van der Waals surface area (Å²) >= 11 is 0. The zero-order valence-corrected chi connectivity index (χ0v) is 17.2. The van der Waals surface area contributed by atoms with Crippen LogP contribution in [-0.2, 0) is 14.8 Å². The second kappa shape index (κ2) is 7.06. The van der Waals surface area contributed by atoms with E-state index in [-0.39, 0.29) is 16.6 Å². The minimum atomic E-state index is -0.933. The van der Waals surface area contributed by atoms with Crippen LogP contribution in [0.25, 0.3) is 0 Å². The van der Waals surface area contributed by atoms with E-state index in [0.29, 0.717) is 0 Å². The van der Waals surface area contributed by atoms with Gasteiger partial charge in [0.15, 0.2) is 9.76 Å². The lowest BCUT2D eigenvalue weighted by atomic mass is 10.0. The summed E-state index contributed by atoms with van der Waals surface area (Å²) < 4.78 is 7.94. The maximum absolute atomic E-state index is 12.8. The van der Waals surface area contributed by atoms with E-state index in [1.54, 1.807) is 27.7 Å². The van der Waals surface area contributed by atoms with Gasteiger partial charge in [-0.3, -0.25) is 9.36 Å². The van der Waals surface area contributed by atoms with Crippen molar-refractivity contribution in [2.24, 2.45) is 0 Å². The molecule has 0 aliphatic carbocycles. The molecule has 0 saturated heterocycles. The first-order valence-electron chi connectivity index (χ1n) is 7.98. The normalized spacial score (nSPS) is 13.0. The molecule has 1 rings (SSSR count). The Hall–Kier alpha value is -1.67. The van der Waals surface area contributed by atoms with Gasteiger partial charge >= 0.3 is 11.7 Å². The van der Waals surface area contributed by atoms with Gasteiger partial charge in [0, 0.05) is 13.0 Å². The minimum absolute atomic E-state index is 0.0542. The third-order valence-electron chi connectivity index (χ3n) is 3.35. The van der Waals surface area contributed by atoms with E-state index in [9.17, 15) is 14.4 Å². The fourth-order valence-electron chi connectivity index (χ4n) is 2.10. The number of rotatable bonds is 5. The van der Waals surface area contributed by atoms with Gasteiger partial charge in [0.25, 0.3) is 5.56 Å². The Morgan fingerprint density at radius 1 is 1.17 bits per heavy atom. The van der Waals surface area contributed by atoms with Gasteiger partial charge in [0.2, 0.25) is 0 Å². The Morgan fingerprint density at radius 2 is 1.71 bits per heavy atom. The molecule has 0 aliphatic rings. The summed E-state index contributed by atoms with van der Waals surface area (Å²) in [5.74, 6) is -0.639. The topological polar surface area (TPSA) is 79.5 Å². The molecule has 0 spiro atoms. The highest BCUT2D eigenvalue weighted by Crippen LogP contribution is 2.27. The Labute approximate surface area is 144 Å². The molecule has 24 heavy (non-hydrogen) atoms. The van der Waals surface area contributed by atoms with E-state index in [0.717, 1.165) is 9.30 Å². The summed E-state index contributed by atoms with van der Waals surface area (Å²) in [6.45, 7) is 14.5. The largest absolute Gasteiger partial charge is 0.414 e. The summed E-state index contributed by atoms with van der Waals surface area (Å²) in [7, 11) is -0.933. The van der Waals surface area contributed by atoms with Crippen molar-refractivity contribution in [1.82, 2.24) is 9.30 Å². The van der Waals surface area contributed by atoms with Crippen LogP contribution in [0, 0.1) is 0 Å². The zero-order valence-electron chi connectivity index (χ0n) is 15.8. The molecule has 0 bridgehead atoms. The Balaban J connectivity index is 3.52. The SMILES string of the molecule is CC(=O)On1cc(C(C)(C)O[SiH2]C(C)(C)C)c(=O)n(C(C)C)c1=O.